The van der Waals surface area contributed by atoms with Gasteiger partial charge in [-0.1, -0.05) is 37.8 Å². The van der Waals surface area contributed by atoms with Crippen LogP contribution in [0.4, 0.5) is 0 Å². The van der Waals surface area contributed by atoms with Gasteiger partial charge in [-0.3, -0.25) is 9.97 Å². The maximum Gasteiger partial charge on any atom is -0.0860 e. The van der Waals surface area contributed by atoms with E-state index in [-0.39, 0.29) is 30.2 Å². The monoisotopic (exact) mass is 496 g/mol. The van der Waals surface area contributed by atoms with Crippen molar-refractivity contribution in [2.45, 2.75) is 46.2 Å². The fraction of sp³-hybridized carbons (Fsp3) is 0.333. The Balaban J connectivity index is 0. The van der Waals surface area contributed by atoms with E-state index in [1.807, 2.05) is 24.5 Å². The number of aryl methyl sites for hydroxylation is 2. The van der Waals surface area contributed by atoms with E-state index < -0.39 is 0 Å². The summed E-state index contributed by atoms with van der Waals surface area (Å²) in [5, 5.41) is 0. The predicted octanol–water partition coefficient (Wildman–Crippen LogP) is -0.289. The molecule has 0 amide bonds. The van der Waals surface area contributed by atoms with Crippen LogP contribution in [0.3, 0.4) is 0 Å². The minimum absolute atomic E-state index is 0. The number of nitrogens with zero attached hydrogens (tertiary/aromatic N) is 2. The molecule has 0 spiro atoms. The number of aromatic nitrogens is 2. The van der Waals surface area contributed by atoms with E-state index in [0.717, 1.165) is 12.0 Å². The van der Waals surface area contributed by atoms with Gasteiger partial charge in [0.2, 0.25) is 0 Å². The van der Waals surface area contributed by atoms with E-state index in [1.165, 1.54) is 29.5 Å². The number of halogens is 2. The van der Waals surface area contributed by atoms with Gasteiger partial charge in [0.25, 0.3) is 0 Å². The Morgan fingerprint density at radius 3 is 2.00 bits per heavy atom. The molecule has 0 N–H and O–H groups in total. The molecular weight excluding hydrogens is 470 g/mol. The zero-order valence-electron chi connectivity index (χ0n) is 16.5. The van der Waals surface area contributed by atoms with E-state index in [1.54, 1.807) is 29.7 Å². The van der Waals surface area contributed by atoms with Crippen molar-refractivity contribution >= 4 is 5.43 Å². The molecule has 27 heavy (non-hydrogen) atoms. The largest absolute Gasteiger partial charge is 1.00 e. The van der Waals surface area contributed by atoms with Crippen LogP contribution in [0.15, 0.2) is 61.2 Å². The second kappa shape index (κ2) is 17.6. The molecule has 0 saturated heterocycles. The number of unbranched alkanes of at least 4 members (excludes halogenated alkanes) is 1. The summed E-state index contributed by atoms with van der Waals surface area (Å²) in [7, 11) is 0. The second-order valence-corrected chi connectivity index (χ2v) is 15.5. The summed E-state index contributed by atoms with van der Waals surface area (Å²) < 4.78 is 0. The molecule has 2 nitrogen and oxygen atoms in total. The quantitative estimate of drug-likeness (QED) is 0.365. The van der Waals surface area contributed by atoms with Crippen LogP contribution in [0.2, 0.25) is 13.1 Å². The molecule has 0 aliphatic rings. The summed E-state index contributed by atoms with van der Waals surface area (Å²) in [5.41, 5.74) is 5.36. The average molecular weight is 499 g/mol. The molecule has 3 rings (SSSR count). The topological polar surface area (TPSA) is 25.8 Å². The predicted molar refractivity (Wildman–Crippen MR) is 106 cm³/mol. The number of rotatable bonds is 4. The van der Waals surface area contributed by atoms with E-state index in [2.05, 4.69) is 67.2 Å². The minimum Gasteiger partial charge on any atom is -1.00 e. The molecule has 0 aliphatic carbocycles. The van der Waals surface area contributed by atoms with Crippen molar-refractivity contribution in [1.82, 2.24) is 9.97 Å². The van der Waals surface area contributed by atoms with Crippen molar-refractivity contribution in [2.75, 3.05) is 0 Å². The van der Waals surface area contributed by atoms with Gasteiger partial charge in [-0.15, -0.1) is 17.7 Å². The minimum atomic E-state index is 0. The van der Waals surface area contributed by atoms with Gasteiger partial charge in [-0.2, -0.15) is 23.8 Å². The normalized spacial score (nSPS) is 8.81. The van der Waals surface area contributed by atoms with Crippen molar-refractivity contribution in [2.24, 2.45) is 0 Å². The Labute approximate surface area is 192 Å². The first-order chi connectivity index (χ1) is 12.0. The van der Waals surface area contributed by atoms with E-state index >= 15 is 0 Å². The smallest absolute Gasteiger partial charge is 0.0860 e. The fourth-order valence-electron chi connectivity index (χ4n) is 2.23. The number of hydrogen-bond acceptors (Lipinski definition) is 2. The Kier molecular flexibility index (Phi) is 18.6. The van der Waals surface area contributed by atoms with Gasteiger partial charge in [0.05, 0.1) is 6.33 Å². The van der Waals surface area contributed by atoms with Gasteiger partial charge in [-0.05, 0) is 18.8 Å². The Hall–Kier alpha value is -0.540. The molecule has 0 atom stereocenters. The van der Waals surface area contributed by atoms with Gasteiger partial charge >= 0.3 is 41.9 Å². The van der Waals surface area contributed by atoms with Crippen LogP contribution in [-0.4, -0.2) is 15.4 Å². The summed E-state index contributed by atoms with van der Waals surface area (Å²) in [6.45, 7) is 8.92. The third-order valence-electron chi connectivity index (χ3n) is 3.41. The Bertz CT molecular complexity index is 709. The summed E-state index contributed by atoms with van der Waals surface area (Å²) in [6.07, 6.45) is 8.93. The molecule has 146 valence electrons. The van der Waals surface area contributed by atoms with Gasteiger partial charge < -0.3 is 24.8 Å². The zero-order valence-corrected chi connectivity index (χ0v) is 21.5. The molecule has 6 heteroatoms. The third kappa shape index (κ3) is 13.3. The third-order valence-corrected chi connectivity index (χ3v) is 3.41. The van der Waals surface area contributed by atoms with E-state index in [0.29, 0.717) is 0 Å². The van der Waals surface area contributed by atoms with E-state index in [4.69, 9.17) is 0 Å². The average Bonchev–Trinajstić information content (AvgIpc) is 3.25. The maximum atomic E-state index is 4.05. The molecule has 2 aromatic carbocycles. The van der Waals surface area contributed by atoms with Crippen LogP contribution in [0.25, 0.3) is 11.1 Å². The summed E-state index contributed by atoms with van der Waals surface area (Å²) in [5.74, 6) is 0. The van der Waals surface area contributed by atoms with Gasteiger partial charge in [-0.25, -0.2) is 12.1 Å². The first-order valence-electron chi connectivity index (χ1n) is 8.74. The molecule has 0 fully saturated rings. The fourth-order valence-corrected chi connectivity index (χ4v) is 2.23. The molecule has 0 bridgehead atoms. The first-order valence-corrected chi connectivity index (χ1v) is 14.9. The molecule has 0 aliphatic heterocycles. The van der Waals surface area contributed by atoms with Crippen molar-refractivity contribution in [3.63, 3.8) is 0 Å². The summed E-state index contributed by atoms with van der Waals surface area (Å²) in [4.78, 5) is 8.10. The molecule has 0 saturated carbocycles. The van der Waals surface area contributed by atoms with Crippen LogP contribution >= 0.6 is 0 Å². The van der Waals surface area contributed by atoms with Crippen LogP contribution in [0, 0.1) is 6.92 Å². The SMILES string of the molecule is CCCCc1ccc[c-]1-c1cncnc1.C[Si](C)=[Zr+2].C[c-]1cccc1.[Cl-].[Cl-]. The van der Waals surface area contributed by atoms with E-state index in [9.17, 15) is 0 Å². The molecule has 3 aromatic rings. The van der Waals surface area contributed by atoms with Crippen LogP contribution in [0.5, 0.6) is 0 Å². The van der Waals surface area contributed by atoms with Gasteiger partial charge in [0.15, 0.2) is 0 Å². The maximum absolute atomic E-state index is 4.05. The molecule has 1 heterocycles. The number of hydrogen-bond donors (Lipinski definition) is 0. The first kappa shape index (κ1) is 28.7. The standard InChI is InChI=1S/C13H15N2.C6H7.C2H6Si.2ClH.Zr/c1-2-3-5-11-6-4-7-13(11)12-8-14-10-15-9-12;1-6-4-2-3-5-6;1-3-2;;;/h4,6-10H,2-3,5H2,1H3;2-5H,1H3;1-2H3;2*1H;/q2*-1;;;;+2/p-2. The van der Waals surface area contributed by atoms with Gasteiger partial charge in [0.1, 0.15) is 0 Å². The molecule has 0 unspecified atom stereocenters. The Morgan fingerprint density at radius 2 is 1.56 bits per heavy atom. The van der Waals surface area contributed by atoms with Crippen molar-refractivity contribution in [3.05, 3.63) is 72.3 Å². The summed E-state index contributed by atoms with van der Waals surface area (Å²) in [6, 6.07) is 14.7. The second-order valence-electron chi connectivity index (χ2n) is 6.16. The van der Waals surface area contributed by atoms with Gasteiger partial charge in [0, 0.05) is 0 Å². The van der Waals surface area contributed by atoms with Crippen LogP contribution in [0.1, 0.15) is 30.9 Å². The van der Waals surface area contributed by atoms with Crippen molar-refractivity contribution in [3.8, 4) is 11.1 Å². The van der Waals surface area contributed by atoms with Crippen molar-refractivity contribution < 1.29 is 48.1 Å². The Morgan fingerprint density at radius 1 is 1.00 bits per heavy atom. The van der Waals surface area contributed by atoms with Crippen LogP contribution < -0.4 is 24.8 Å². The van der Waals surface area contributed by atoms with Crippen molar-refractivity contribution in [1.29, 1.82) is 0 Å². The molecule has 0 radical (unpaired) electrons. The summed E-state index contributed by atoms with van der Waals surface area (Å²) >= 11 is 1.74. The zero-order chi connectivity index (χ0) is 18.5. The molecule has 1 aromatic heterocycles. The van der Waals surface area contributed by atoms with Crippen LogP contribution in [-0.2, 0) is 29.8 Å². The molecular formula is C21H28Cl2N2SiZr-2.